The lowest BCUT2D eigenvalue weighted by molar-refractivity contribution is -0.141. The molecule has 1 saturated carbocycles. The zero-order valence-electron chi connectivity index (χ0n) is 16.5. The molecule has 0 aliphatic heterocycles. The van der Waals surface area contributed by atoms with Crippen LogP contribution in [0.4, 0.5) is 0 Å². The van der Waals surface area contributed by atoms with E-state index in [-0.39, 0.29) is 24.3 Å². The van der Waals surface area contributed by atoms with Crippen LogP contribution < -0.4 is 4.74 Å². The molecule has 1 aliphatic carbocycles. The second-order valence-electron chi connectivity index (χ2n) is 6.84. The molecule has 27 heavy (non-hydrogen) atoms. The van der Waals surface area contributed by atoms with Crippen LogP contribution in [-0.2, 0) is 14.3 Å². The van der Waals surface area contributed by atoms with E-state index in [0.29, 0.717) is 13.2 Å². The largest absolute Gasteiger partial charge is 0.494 e. The van der Waals surface area contributed by atoms with Crippen LogP contribution in [0.15, 0.2) is 30.3 Å². The molecule has 0 heterocycles. The maximum Gasteiger partial charge on any atom is 0.307 e. The van der Waals surface area contributed by atoms with Gasteiger partial charge in [-0.3, -0.25) is 9.59 Å². The molecule has 1 aliphatic rings. The molecule has 1 fully saturated rings. The van der Waals surface area contributed by atoms with Crippen molar-refractivity contribution in [2.24, 2.45) is 0 Å². The number of carbonyl (C=O) groups excluding carboxylic acids is 2. The van der Waals surface area contributed by atoms with Crippen molar-refractivity contribution in [2.45, 2.75) is 57.9 Å². The highest BCUT2D eigenvalue weighted by atomic mass is 16.5. The third kappa shape index (κ3) is 7.08. The van der Waals surface area contributed by atoms with E-state index < -0.39 is 0 Å². The monoisotopic (exact) mass is 373 g/mol. The van der Waals surface area contributed by atoms with E-state index in [0.717, 1.165) is 37.0 Å². The summed E-state index contributed by atoms with van der Waals surface area (Å²) < 4.78 is 10.2. The first-order valence-electron chi connectivity index (χ1n) is 9.92. The first-order chi connectivity index (χ1) is 13.1. The smallest absolute Gasteiger partial charge is 0.307 e. The normalized spacial score (nSPS) is 15.3. The van der Waals surface area contributed by atoms with E-state index in [1.165, 1.54) is 20.0 Å². The van der Waals surface area contributed by atoms with Crippen LogP contribution in [0, 0.1) is 0 Å². The molecular formula is C22H31NO4. The highest BCUT2D eigenvalue weighted by molar-refractivity contribution is 5.92. The predicted molar refractivity (Wildman–Crippen MR) is 106 cm³/mol. The summed E-state index contributed by atoms with van der Waals surface area (Å²) in [5.74, 6) is 0.496. The van der Waals surface area contributed by atoms with Gasteiger partial charge in [-0.05, 0) is 43.5 Å². The summed E-state index contributed by atoms with van der Waals surface area (Å²) in [7, 11) is 1.38. The molecule has 0 bridgehead atoms. The van der Waals surface area contributed by atoms with Crippen LogP contribution >= 0.6 is 0 Å². The average molecular weight is 373 g/mol. The summed E-state index contributed by atoms with van der Waals surface area (Å²) in [5.41, 5.74) is 0.945. The first-order valence-corrected chi connectivity index (χ1v) is 9.92. The van der Waals surface area contributed by atoms with Crippen molar-refractivity contribution in [2.75, 3.05) is 20.3 Å². The Balaban J connectivity index is 2.05. The van der Waals surface area contributed by atoms with Crippen molar-refractivity contribution in [1.29, 1.82) is 0 Å². The fraction of sp³-hybridized carbons (Fsp3) is 0.545. The van der Waals surface area contributed by atoms with E-state index in [1.807, 2.05) is 42.2 Å². The minimum Gasteiger partial charge on any atom is -0.494 e. The van der Waals surface area contributed by atoms with Gasteiger partial charge >= 0.3 is 5.97 Å². The lowest BCUT2D eigenvalue weighted by Gasteiger charge is -2.30. The molecule has 2 rings (SSSR count). The van der Waals surface area contributed by atoms with Gasteiger partial charge in [-0.2, -0.15) is 0 Å². The molecule has 1 amide bonds. The molecule has 0 unspecified atom stereocenters. The molecule has 5 heteroatoms. The summed E-state index contributed by atoms with van der Waals surface area (Å²) in [6, 6.07) is 7.86. The van der Waals surface area contributed by atoms with Gasteiger partial charge in [0.15, 0.2) is 0 Å². The van der Waals surface area contributed by atoms with Crippen LogP contribution in [0.3, 0.4) is 0 Å². The molecule has 0 radical (unpaired) electrons. The summed E-state index contributed by atoms with van der Waals surface area (Å²) in [6.45, 7) is 2.98. The van der Waals surface area contributed by atoms with Crippen molar-refractivity contribution < 1.29 is 19.1 Å². The van der Waals surface area contributed by atoms with Gasteiger partial charge in [0.1, 0.15) is 5.75 Å². The van der Waals surface area contributed by atoms with Crippen molar-refractivity contribution in [3.8, 4) is 5.75 Å². The Morgan fingerprint density at radius 3 is 2.37 bits per heavy atom. The van der Waals surface area contributed by atoms with Crippen LogP contribution in [0.1, 0.15) is 57.4 Å². The Morgan fingerprint density at radius 1 is 1.11 bits per heavy atom. The molecule has 5 nitrogen and oxygen atoms in total. The zero-order chi connectivity index (χ0) is 19.5. The summed E-state index contributed by atoms with van der Waals surface area (Å²) in [6.07, 6.45) is 10.4. The predicted octanol–water partition coefficient (Wildman–Crippen LogP) is 4.21. The zero-order valence-corrected chi connectivity index (χ0v) is 16.5. The van der Waals surface area contributed by atoms with Crippen LogP contribution in [-0.4, -0.2) is 43.1 Å². The number of nitrogens with zero attached hydrogens (tertiary/aromatic N) is 1. The number of esters is 1. The van der Waals surface area contributed by atoms with E-state index in [9.17, 15) is 9.59 Å². The summed E-state index contributed by atoms with van der Waals surface area (Å²) in [5, 5.41) is 0. The van der Waals surface area contributed by atoms with Crippen LogP contribution in [0.2, 0.25) is 0 Å². The van der Waals surface area contributed by atoms with Crippen molar-refractivity contribution >= 4 is 18.0 Å². The standard InChI is InChI=1S/C22H31NO4/c1-3-27-20-13-10-18(11-14-20)12-15-21(24)23(17-16-22(25)26-2)19-8-6-4-5-7-9-19/h10-15,19H,3-9,16-17H2,1-2H3/b15-12+. The number of rotatable bonds is 8. The van der Waals surface area contributed by atoms with Gasteiger partial charge in [-0.15, -0.1) is 0 Å². The van der Waals surface area contributed by atoms with Gasteiger partial charge in [-0.25, -0.2) is 0 Å². The summed E-state index contributed by atoms with van der Waals surface area (Å²) in [4.78, 5) is 26.3. The molecule has 148 valence electrons. The molecule has 1 aromatic carbocycles. The number of carbonyl (C=O) groups is 2. The molecule has 0 spiro atoms. The van der Waals surface area contributed by atoms with Gasteiger partial charge in [-0.1, -0.05) is 37.8 Å². The maximum absolute atomic E-state index is 12.9. The fourth-order valence-electron chi connectivity index (χ4n) is 3.46. The number of hydrogen-bond acceptors (Lipinski definition) is 4. The second-order valence-corrected chi connectivity index (χ2v) is 6.84. The fourth-order valence-corrected chi connectivity index (χ4v) is 3.46. The van der Waals surface area contributed by atoms with Crippen molar-refractivity contribution in [1.82, 2.24) is 4.90 Å². The van der Waals surface area contributed by atoms with Crippen LogP contribution in [0.5, 0.6) is 5.75 Å². The van der Waals surface area contributed by atoms with E-state index >= 15 is 0 Å². The summed E-state index contributed by atoms with van der Waals surface area (Å²) >= 11 is 0. The molecule has 0 N–H and O–H groups in total. The SMILES string of the molecule is CCOc1ccc(/C=C/C(=O)N(CCC(=O)OC)C2CCCCCC2)cc1. The lowest BCUT2D eigenvalue weighted by atomic mass is 10.1. The Kier molecular flexibility index (Phi) is 8.89. The average Bonchev–Trinajstić information content (AvgIpc) is 2.97. The Hall–Kier alpha value is -2.30. The van der Waals surface area contributed by atoms with E-state index in [1.54, 1.807) is 6.08 Å². The number of amides is 1. The lowest BCUT2D eigenvalue weighted by Crippen LogP contribution is -2.40. The minimum absolute atomic E-state index is 0.0420. The Labute approximate surface area is 162 Å². The number of methoxy groups -OCH3 is 1. The van der Waals surface area contributed by atoms with Gasteiger partial charge < -0.3 is 14.4 Å². The van der Waals surface area contributed by atoms with E-state index in [2.05, 4.69) is 0 Å². The van der Waals surface area contributed by atoms with Crippen molar-refractivity contribution in [3.05, 3.63) is 35.9 Å². The minimum atomic E-state index is -0.281. The molecule has 0 atom stereocenters. The third-order valence-corrected chi connectivity index (χ3v) is 4.94. The highest BCUT2D eigenvalue weighted by Crippen LogP contribution is 2.23. The molecular weight excluding hydrogens is 342 g/mol. The highest BCUT2D eigenvalue weighted by Gasteiger charge is 2.23. The second kappa shape index (κ2) is 11.4. The van der Waals surface area contributed by atoms with Crippen LogP contribution in [0.25, 0.3) is 6.08 Å². The number of benzene rings is 1. The van der Waals surface area contributed by atoms with Gasteiger partial charge in [0, 0.05) is 18.7 Å². The van der Waals surface area contributed by atoms with Gasteiger partial charge in [0.25, 0.3) is 0 Å². The Morgan fingerprint density at radius 2 is 1.78 bits per heavy atom. The molecule has 0 saturated heterocycles. The topological polar surface area (TPSA) is 55.8 Å². The molecule has 1 aromatic rings. The quantitative estimate of drug-likeness (QED) is 0.389. The maximum atomic E-state index is 12.9. The van der Waals surface area contributed by atoms with Crippen molar-refractivity contribution in [3.63, 3.8) is 0 Å². The Bertz CT molecular complexity index is 616. The van der Waals surface area contributed by atoms with Gasteiger partial charge in [0.05, 0.1) is 20.1 Å². The number of hydrogen-bond donors (Lipinski definition) is 0. The van der Waals surface area contributed by atoms with Gasteiger partial charge in [0.2, 0.25) is 5.91 Å². The van der Waals surface area contributed by atoms with E-state index in [4.69, 9.17) is 9.47 Å². The third-order valence-electron chi connectivity index (χ3n) is 4.94. The first kappa shape index (κ1) is 21.0. The molecule has 0 aromatic heterocycles. The number of ether oxygens (including phenoxy) is 2.